The van der Waals surface area contributed by atoms with E-state index in [4.69, 9.17) is 27.9 Å². The Morgan fingerprint density at radius 1 is 1.20 bits per heavy atom. The van der Waals surface area contributed by atoms with E-state index in [-0.39, 0.29) is 6.10 Å². The topological polar surface area (TPSA) is 29.5 Å². The SMILES string of the molecule is CC1Cc2cc(C(O)c3ccc(Cl)cc3Cl)ccc2O1. The predicted molar refractivity (Wildman–Crippen MR) is 80.8 cm³/mol. The lowest BCUT2D eigenvalue weighted by molar-refractivity contribution is 0.220. The summed E-state index contributed by atoms with van der Waals surface area (Å²) >= 11 is 12.0. The highest BCUT2D eigenvalue weighted by molar-refractivity contribution is 6.35. The number of fused-ring (bicyclic) bond motifs is 1. The molecule has 1 N–H and O–H groups in total. The van der Waals surface area contributed by atoms with Gasteiger partial charge in [0.2, 0.25) is 0 Å². The lowest BCUT2D eigenvalue weighted by Gasteiger charge is -2.14. The van der Waals surface area contributed by atoms with Gasteiger partial charge >= 0.3 is 0 Å². The first kappa shape index (κ1) is 13.7. The second-order valence-electron chi connectivity index (χ2n) is 5.07. The number of aliphatic hydroxyl groups excluding tert-OH is 1. The van der Waals surface area contributed by atoms with Crippen LogP contribution in [0.4, 0.5) is 0 Å². The van der Waals surface area contributed by atoms with E-state index in [1.165, 1.54) is 0 Å². The third-order valence-corrected chi connectivity index (χ3v) is 4.06. The molecule has 0 saturated heterocycles. The van der Waals surface area contributed by atoms with Crippen LogP contribution in [0.1, 0.15) is 29.7 Å². The molecule has 2 aromatic carbocycles. The van der Waals surface area contributed by atoms with Gasteiger partial charge in [0.25, 0.3) is 0 Å². The van der Waals surface area contributed by atoms with E-state index in [1.54, 1.807) is 18.2 Å². The Hall–Kier alpha value is -1.22. The van der Waals surface area contributed by atoms with Gasteiger partial charge in [0.15, 0.2) is 0 Å². The Kier molecular flexibility index (Phi) is 3.63. The van der Waals surface area contributed by atoms with Crippen molar-refractivity contribution in [3.05, 3.63) is 63.1 Å². The first-order valence-electron chi connectivity index (χ1n) is 6.47. The molecule has 3 rings (SSSR count). The summed E-state index contributed by atoms with van der Waals surface area (Å²) in [6, 6.07) is 10.9. The summed E-state index contributed by atoms with van der Waals surface area (Å²) in [6.07, 6.45) is 0.294. The van der Waals surface area contributed by atoms with Crippen LogP contribution in [0.3, 0.4) is 0 Å². The van der Waals surface area contributed by atoms with Crippen molar-refractivity contribution in [1.29, 1.82) is 0 Å². The smallest absolute Gasteiger partial charge is 0.123 e. The van der Waals surface area contributed by atoms with Crippen LogP contribution in [0.5, 0.6) is 5.75 Å². The van der Waals surface area contributed by atoms with Crippen LogP contribution >= 0.6 is 23.2 Å². The molecular weight excluding hydrogens is 295 g/mol. The van der Waals surface area contributed by atoms with Crippen LogP contribution in [-0.4, -0.2) is 11.2 Å². The van der Waals surface area contributed by atoms with Crippen molar-refractivity contribution in [3.63, 3.8) is 0 Å². The van der Waals surface area contributed by atoms with Gasteiger partial charge in [0, 0.05) is 22.0 Å². The Labute approximate surface area is 127 Å². The summed E-state index contributed by atoms with van der Waals surface area (Å²) < 4.78 is 5.66. The summed E-state index contributed by atoms with van der Waals surface area (Å²) in [5, 5.41) is 11.5. The van der Waals surface area contributed by atoms with E-state index in [2.05, 4.69) is 0 Å². The lowest BCUT2D eigenvalue weighted by atomic mass is 9.98. The quantitative estimate of drug-likeness (QED) is 0.891. The lowest BCUT2D eigenvalue weighted by Crippen LogP contribution is -2.05. The zero-order valence-corrected chi connectivity index (χ0v) is 12.4. The van der Waals surface area contributed by atoms with Crippen molar-refractivity contribution >= 4 is 23.2 Å². The van der Waals surface area contributed by atoms with E-state index in [9.17, 15) is 5.11 Å². The summed E-state index contributed by atoms with van der Waals surface area (Å²) in [6.45, 7) is 2.03. The second kappa shape index (κ2) is 5.28. The van der Waals surface area contributed by atoms with Crippen LogP contribution < -0.4 is 4.74 Å². The molecule has 1 heterocycles. The Morgan fingerprint density at radius 2 is 2.00 bits per heavy atom. The van der Waals surface area contributed by atoms with Crippen LogP contribution in [0.2, 0.25) is 10.0 Å². The highest BCUT2D eigenvalue weighted by atomic mass is 35.5. The summed E-state index contributed by atoms with van der Waals surface area (Å²) in [5.41, 5.74) is 2.59. The number of benzene rings is 2. The maximum atomic E-state index is 10.5. The number of hydrogen-bond acceptors (Lipinski definition) is 2. The summed E-state index contributed by atoms with van der Waals surface area (Å²) in [7, 11) is 0. The third kappa shape index (κ3) is 2.51. The monoisotopic (exact) mass is 308 g/mol. The number of halogens is 2. The number of rotatable bonds is 2. The van der Waals surface area contributed by atoms with Crippen LogP contribution in [0.15, 0.2) is 36.4 Å². The molecule has 4 heteroatoms. The minimum Gasteiger partial charge on any atom is -0.490 e. The molecule has 0 saturated carbocycles. The molecular formula is C16H14Cl2O2. The molecule has 0 spiro atoms. The van der Waals surface area contributed by atoms with Crippen molar-refractivity contribution in [2.24, 2.45) is 0 Å². The van der Waals surface area contributed by atoms with Gasteiger partial charge in [-0.05, 0) is 42.3 Å². The van der Waals surface area contributed by atoms with Gasteiger partial charge in [-0.1, -0.05) is 35.3 Å². The Bertz CT molecular complexity index is 655. The van der Waals surface area contributed by atoms with Gasteiger partial charge in [0.1, 0.15) is 18.0 Å². The van der Waals surface area contributed by atoms with Crippen LogP contribution in [0, 0.1) is 0 Å². The van der Waals surface area contributed by atoms with Gasteiger partial charge in [-0.15, -0.1) is 0 Å². The largest absolute Gasteiger partial charge is 0.490 e. The molecule has 0 bridgehead atoms. The van der Waals surface area contributed by atoms with Crippen molar-refractivity contribution in [2.75, 3.05) is 0 Å². The first-order valence-corrected chi connectivity index (χ1v) is 7.22. The van der Waals surface area contributed by atoms with Crippen LogP contribution in [-0.2, 0) is 6.42 Å². The third-order valence-electron chi connectivity index (χ3n) is 3.49. The first-order chi connectivity index (χ1) is 9.54. The molecule has 2 nitrogen and oxygen atoms in total. The Balaban J connectivity index is 1.95. The van der Waals surface area contributed by atoms with Gasteiger partial charge in [-0.3, -0.25) is 0 Å². The molecule has 104 valence electrons. The molecule has 2 unspecified atom stereocenters. The minimum absolute atomic E-state index is 0.191. The van der Waals surface area contributed by atoms with E-state index in [1.807, 2.05) is 25.1 Å². The van der Waals surface area contributed by atoms with Gasteiger partial charge < -0.3 is 9.84 Å². The molecule has 0 radical (unpaired) electrons. The number of hydrogen-bond donors (Lipinski definition) is 1. The molecule has 2 aromatic rings. The van der Waals surface area contributed by atoms with E-state index >= 15 is 0 Å². The molecule has 1 aliphatic heterocycles. The summed E-state index contributed by atoms with van der Waals surface area (Å²) in [5.74, 6) is 0.899. The van der Waals surface area contributed by atoms with Gasteiger partial charge in [-0.2, -0.15) is 0 Å². The molecule has 1 aliphatic rings. The van der Waals surface area contributed by atoms with Crippen molar-refractivity contribution < 1.29 is 9.84 Å². The fraction of sp³-hybridized carbons (Fsp3) is 0.250. The maximum absolute atomic E-state index is 10.5. The van der Waals surface area contributed by atoms with E-state index in [0.29, 0.717) is 15.6 Å². The molecule has 20 heavy (non-hydrogen) atoms. The van der Waals surface area contributed by atoms with Crippen molar-refractivity contribution in [1.82, 2.24) is 0 Å². The van der Waals surface area contributed by atoms with E-state index < -0.39 is 6.10 Å². The fourth-order valence-corrected chi connectivity index (χ4v) is 3.03. The molecule has 0 aromatic heterocycles. The van der Waals surface area contributed by atoms with E-state index in [0.717, 1.165) is 23.3 Å². The van der Waals surface area contributed by atoms with Crippen LogP contribution in [0.25, 0.3) is 0 Å². The van der Waals surface area contributed by atoms with Gasteiger partial charge in [-0.25, -0.2) is 0 Å². The Morgan fingerprint density at radius 3 is 2.75 bits per heavy atom. The summed E-state index contributed by atoms with van der Waals surface area (Å²) in [4.78, 5) is 0. The average Bonchev–Trinajstić information content (AvgIpc) is 2.77. The standard InChI is InChI=1S/C16H14Cl2O2/c1-9-6-11-7-10(2-5-15(11)20-9)16(19)13-4-3-12(17)8-14(13)18/h2-5,7-9,16,19H,6H2,1H3. The maximum Gasteiger partial charge on any atom is 0.123 e. The zero-order chi connectivity index (χ0) is 14.3. The molecule has 2 atom stereocenters. The second-order valence-corrected chi connectivity index (χ2v) is 5.91. The van der Waals surface area contributed by atoms with Crippen molar-refractivity contribution in [3.8, 4) is 5.75 Å². The number of aliphatic hydroxyl groups is 1. The number of ether oxygens (including phenoxy) is 1. The van der Waals surface area contributed by atoms with Gasteiger partial charge in [0.05, 0.1) is 0 Å². The molecule has 0 amide bonds. The van der Waals surface area contributed by atoms with Crippen molar-refractivity contribution in [2.45, 2.75) is 25.6 Å². The minimum atomic E-state index is -0.763. The highest BCUT2D eigenvalue weighted by Gasteiger charge is 2.21. The normalized spacial score (nSPS) is 18.5. The predicted octanol–water partition coefficient (Wildman–Crippen LogP) is 4.40. The highest BCUT2D eigenvalue weighted by Crippen LogP contribution is 2.35. The zero-order valence-electron chi connectivity index (χ0n) is 10.9. The fourth-order valence-electron chi connectivity index (χ4n) is 2.51. The molecule has 0 aliphatic carbocycles. The average molecular weight is 309 g/mol. The molecule has 0 fully saturated rings.